The highest BCUT2D eigenvalue weighted by molar-refractivity contribution is 7.97. The zero-order valence-electron chi connectivity index (χ0n) is 22.1. The number of fused-ring (bicyclic) bond motifs is 1. The van der Waals surface area contributed by atoms with Gasteiger partial charge < -0.3 is 31.2 Å². The molecule has 1 amide bonds. The number of unbranched alkanes of at least 4 members (excludes halogenated alkanes) is 1. The Morgan fingerprint density at radius 1 is 1.05 bits per heavy atom. The van der Waals surface area contributed by atoms with Gasteiger partial charge in [-0.2, -0.15) is 0 Å². The number of nitrogens with zero attached hydrogens (tertiary/aromatic N) is 3. The Bertz CT molecular complexity index is 1050. The number of piperazine rings is 1. The number of carbonyl (C=O) groups is 3. The molecule has 0 bridgehead atoms. The summed E-state index contributed by atoms with van der Waals surface area (Å²) in [5, 5.41) is 10.8. The van der Waals surface area contributed by atoms with Crippen LogP contribution >= 0.6 is 11.9 Å². The topological polar surface area (TPSA) is 154 Å². The molecule has 1 atom stereocenters. The van der Waals surface area contributed by atoms with Gasteiger partial charge in [0.05, 0.1) is 6.04 Å². The van der Waals surface area contributed by atoms with E-state index in [-0.39, 0.29) is 24.3 Å². The number of carbonyl (C=O) groups excluding carboxylic acids is 2. The predicted molar refractivity (Wildman–Crippen MR) is 153 cm³/mol. The second kappa shape index (κ2) is 17.4. The summed E-state index contributed by atoms with van der Waals surface area (Å²) in [5.41, 5.74) is 10.5. The average molecular weight is 545 g/mol. The molecule has 1 saturated heterocycles. The molecule has 1 heterocycles. The first-order valence-electron chi connectivity index (χ1n) is 12.9. The van der Waals surface area contributed by atoms with E-state index in [9.17, 15) is 14.4 Å². The summed E-state index contributed by atoms with van der Waals surface area (Å²) in [5.74, 6) is -0.535. The number of amides is 1. The van der Waals surface area contributed by atoms with Gasteiger partial charge in [-0.1, -0.05) is 30.3 Å². The number of carboxylic acid groups (broad SMARTS) is 1. The minimum absolute atomic E-state index is 0.0844. The van der Waals surface area contributed by atoms with E-state index < -0.39 is 5.97 Å². The van der Waals surface area contributed by atoms with E-state index in [0.717, 1.165) is 43.8 Å². The van der Waals surface area contributed by atoms with Crippen molar-refractivity contribution in [2.24, 2.45) is 16.5 Å². The molecular formula is C27H40N6O4S. The first-order chi connectivity index (χ1) is 18.3. The normalized spacial score (nSPS) is 14.3. The molecule has 0 aliphatic carbocycles. The van der Waals surface area contributed by atoms with E-state index >= 15 is 0 Å². The summed E-state index contributed by atoms with van der Waals surface area (Å²) < 4.78 is 3.18. The Labute approximate surface area is 228 Å². The van der Waals surface area contributed by atoms with E-state index in [1.807, 2.05) is 23.1 Å². The number of rotatable bonds is 13. The summed E-state index contributed by atoms with van der Waals surface area (Å²) in [6, 6.07) is 14.2. The number of guanidine groups is 1. The van der Waals surface area contributed by atoms with Crippen LogP contribution in [-0.4, -0.2) is 84.8 Å². The molecule has 1 unspecified atom stereocenters. The molecule has 10 nitrogen and oxygen atoms in total. The fourth-order valence-corrected chi connectivity index (χ4v) is 4.60. The summed E-state index contributed by atoms with van der Waals surface area (Å²) in [6.45, 7) is 4.00. The third kappa shape index (κ3) is 12.4. The first kappa shape index (κ1) is 31.1. The molecule has 0 spiro atoms. The molecule has 38 heavy (non-hydrogen) atoms. The van der Waals surface area contributed by atoms with E-state index in [4.69, 9.17) is 16.6 Å². The van der Waals surface area contributed by atoms with Crippen molar-refractivity contribution in [1.29, 1.82) is 0 Å². The minimum Gasteiger partial charge on any atom is -0.481 e. The van der Waals surface area contributed by atoms with Gasteiger partial charge in [0.2, 0.25) is 5.91 Å². The second-order valence-electron chi connectivity index (χ2n) is 9.21. The van der Waals surface area contributed by atoms with Crippen molar-refractivity contribution in [2.45, 2.75) is 49.5 Å². The number of nitrogens with two attached hydrogens (primary N) is 2. The molecule has 1 aliphatic heterocycles. The van der Waals surface area contributed by atoms with Gasteiger partial charge in [0.1, 0.15) is 6.29 Å². The molecule has 11 heteroatoms. The molecule has 208 valence electrons. The smallest absolute Gasteiger partial charge is 0.303 e. The van der Waals surface area contributed by atoms with Crippen LogP contribution in [0.5, 0.6) is 0 Å². The quantitative estimate of drug-likeness (QED) is 0.0978. The summed E-state index contributed by atoms with van der Waals surface area (Å²) in [4.78, 5) is 42.2. The standard InChI is InChI=1S/C16H20N4OS.C11H20N2O3/c17-16(18)19-9-3-6-14(11-21)20-22-15-8-7-12-4-1-2-5-13(12)10-15;1-12-6-8-13(9-7-12)10(14)4-2-3-5-11(15)16/h1-2,4-5,7-8,10-11,14,20H,3,6,9H2,(H4,17,18,19);2-9H2,1H3,(H,15,16). The van der Waals surface area contributed by atoms with Gasteiger partial charge in [-0.25, -0.2) is 4.72 Å². The van der Waals surface area contributed by atoms with E-state index in [1.54, 1.807) is 0 Å². The summed E-state index contributed by atoms with van der Waals surface area (Å²) in [6.07, 6.45) is 4.29. The van der Waals surface area contributed by atoms with Crippen LogP contribution in [0.1, 0.15) is 38.5 Å². The lowest BCUT2D eigenvalue weighted by molar-refractivity contribution is -0.137. The zero-order chi connectivity index (χ0) is 27.8. The maximum Gasteiger partial charge on any atom is 0.303 e. The van der Waals surface area contributed by atoms with Crippen molar-refractivity contribution in [3.8, 4) is 0 Å². The number of benzene rings is 2. The van der Waals surface area contributed by atoms with E-state index in [2.05, 4.69) is 45.9 Å². The van der Waals surface area contributed by atoms with Crippen molar-refractivity contribution in [3.63, 3.8) is 0 Å². The maximum absolute atomic E-state index is 11.7. The lowest BCUT2D eigenvalue weighted by Crippen LogP contribution is -2.47. The third-order valence-electron chi connectivity index (χ3n) is 6.07. The number of aliphatic imine (C=N–C) groups is 1. The minimum atomic E-state index is -0.785. The summed E-state index contributed by atoms with van der Waals surface area (Å²) >= 11 is 1.47. The number of likely N-dealkylation sites (N-methyl/N-ethyl adjacent to an activating group) is 1. The molecule has 0 saturated carbocycles. The van der Waals surface area contributed by atoms with Crippen molar-refractivity contribution < 1.29 is 19.5 Å². The Kier molecular flexibility index (Phi) is 14.2. The van der Waals surface area contributed by atoms with Crippen molar-refractivity contribution in [1.82, 2.24) is 14.5 Å². The Morgan fingerprint density at radius 2 is 1.74 bits per heavy atom. The van der Waals surface area contributed by atoms with Crippen LogP contribution in [0, 0.1) is 0 Å². The Balaban J connectivity index is 0.000000281. The van der Waals surface area contributed by atoms with E-state index in [0.29, 0.717) is 32.2 Å². The number of carboxylic acids is 1. The van der Waals surface area contributed by atoms with Gasteiger partial charge in [0, 0.05) is 50.5 Å². The molecule has 3 rings (SSSR count). The largest absolute Gasteiger partial charge is 0.481 e. The molecule has 2 aromatic rings. The number of aldehydes is 1. The van der Waals surface area contributed by atoms with Gasteiger partial charge in [0.15, 0.2) is 5.96 Å². The monoisotopic (exact) mass is 544 g/mol. The van der Waals surface area contributed by atoms with Crippen LogP contribution < -0.4 is 16.2 Å². The van der Waals surface area contributed by atoms with Gasteiger partial charge in [-0.3, -0.25) is 14.6 Å². The predicted octanol–water partition coefficient (Wildman–Crippen LogP) is 2.46. The van der Waals surface area contributed by atoms with Crippen molar-refractivity contribution in [2.75, 3.05) is 39.8 Å². The average Bonchev–Trinajstić information content (AvgIpc) is 2.91. The highest BCUT2D eigenvalue weighted by Gasteiger charge is 2.18. The zero-order valence-corrected chi connectivity index (χ0v) is 22.9. The van der Waals surface area contributed by atoms with Crippen LogP contribution in [0.2, 0.25) is 0 Å². The molecular weight excluding hydrogens is 504 g/mol. The highest BCUT2D eigenvalue weighted by atomic mass is 32.2. The van der Waals surface area contributed by atoms with Crippen LogP contribution in [0.4, 0.5) is 0 Å². The lowest BCUT2D eigenvalue weighted by atomic mass is 10.1. The van der Waals surface area contributed by atoms with Gasteiger partial charge in [0.25, 0.3) is 0 Å². The maximum atomic E-state index is 11.7. The van der Waals surface area contributed by atoms with Crippen molar-refractivity contribution in [3.05, 3.63) is 42.5 Å². The fourth-order valence-electron chi connectivity index (χ4n) is 3.82. The van der Waals surface area contributed by atoms with E-state index in [1.165, 1.54) is 22.7 Å². The number of aliphatic carboxylic acids is 1. The van der Waals surface area contributed by atoms with Crippen LogP contribution in [0.3, 0.4) is 0 Å². The second-order valence-corrected chi connectivity index (χ2v) is 10.1. The molecule has 6 N–H and O–H groups in total. The van der Waals surface area contributed by atoms with Crippen molar-refractivity contribution >= 4 is 46.8 Å². The molecule has 1 aliphatic rings. The summed E-state index contributed by atoms with van der Waals surface area (Å²) in [7, 11) is 2.05. The van der Waals surface area contributed by atoms with Gasteiger partial charge in [-0.05, 0) is 67.6 Å². The number of hydrogen-bond acceptors (Lipinski definition) is 7. The molecule has 0 aromatic heterocycles. The first-order valence-corrected chi connectivity index (χ1v) is 13.7. The van der Waals surface area contributed by atoms with Crippen LogP contribution in [0.25, 0.3) is 10.8 Å². The van der Waals surface area contributed by atoms with Crippen LogP contribution in [0.15, 0.2) is 52.4 Å². The van der Waals surface area contributed by atoms with Gasteiger partial charge in [-0.15, -0.1) is 0 Å². The van der Waals surface area contributed by atoms with Crippen LogP contribution in [-0.2, 0) is 14.4 Å². The molecule has 0 radical (unpaired) electrons. The molecule has 2 aromatic carbocycles. The number of nitrogens with one attached hydrogen (secondary N) is 1. The SMILES string of the molecule is CN1CCN(C(=O)CCCCC(=O)O)CC1.NC(N)=NCCCC(C=O)NSc1ccc2ccccc2c1. The Morgan fingerprint density at radius 3 is 2.39 bits per heavy atom. The molecule has 1 fully saturated rings. The Hall–Kier alpha value is -3.15. The third-order valence-corrected chi connectivity index (χ3v) is 6.98. The van der Waals surface area contributed by atoms with Gasteiger partial charge >= 0.3 is 5.97 Å². The lowest BCUT2D eigenvalue weighted by Gasteiger charge is -2.32. The highest BCUT2D eigenvalue weighted by Crippen LogP contribution is 2.22. The number of hydrogen-bond donors (Lipinski definition) is 4. The fraction of sp³-hybridized carbons (Fsp3) is 0.481.